The van der Waals surface area contributed by atoms with Gasteiger partial charge in [0.25, 0.3) is 0 Å². The molecule has 6 nitrogen and oxygen atoms in total. The number of nitrogens with two attached hydrogens (primary N) is 1. The molecule has 0 aliphatic heterocycles. The summed E-state index contributed by atoms with van der Waals surface area (Å²) < 4.78 is 1.74. The number of fused-ring (bicyclic) bond motifs is 1. The lowest BCUT2D eigenvalue weighted by atomic mass is 10.1. The molecule has 0 amide bonds. The van der Waals surface area contributed by atoms with E-state index in [4.69, 9.17) is 10.8 Å². The third-order valence-corrected chi connectivity index (χ3v) is 2.62. The highest BCUT2D eigenvalue weighted by molar-refractivity contribution is 5.85. The van der Waals surface area contributed by atoms with Crippen molar-refractivity contribution in [1.82, 2.24) is 15.0 Å². The van der Waals surface area contributed by atoms with E-state index in [1.807, 2.05) is 19.9 Å². The van der Waals surface area contributed by atoms with Crippen molar-refractivity contribution in [2.45, 2.75) is 25.9 Å². The first-order valence-corrected chi connectivity index (χ1v) is 5.34. The zero-order valence-corrected chi connectivity index (χ0v) is 9.66. The highest BCUT2D eigenvalue weighted by Crippen LogP contribution is 2.22. The van der Waals surface area contributed by atoms with Crippen LogP contribution in [0, 0.1) is 0 Å². The van der Waals surface area contributed by atoms with Crippen molar-refractivity contribution >= 4 is 17.0 Å². The summed E-state index contributed by atoms with van der Waals surface area (Å²) in [5.41, 5.74) is 7.45. The third-order valence-electron chi connectivity index (χ3n) is 2.62. The van der Waals surface area contributed by atoms with Crippen LogP contribution in [0.3, 0.4) is 0 Å². The van der Waals surface area contributed by atoms with Gasteiger partial charge in [-0.15, -0.1) is 5.10 Å². The van der Waals surface area contributed by atoms with Crippen LogP contribution in [0.15, 0.2) is 18.2 Å². The van der Waals surface area contributed by atoms with Crippen LogP contribution < -0.4 is 5.73 Å². The van der Waals surface area contributed by atoms with Crippen LogP contribution in [0.1, 0.15) is 31.5 Å². The fourth-order valence-electron chi connectivity index (χ4n) is 1.75. The topological polar surface area (TPSA) is 94.0 Å². The largest absolute Gasteiger partial charge is 0.480 e. The van der Waals surface area contributed by atoms with Gasteiger partial charge in [-0.25, -0.2) is 4.68 Å². The predicted molar refractivity (Wildman–Crippen MR) is 62.5 cm³/mol. The first-order valence-electron chi connectivity index (χ1n) is 5.34. The lowest BCUT2D eigenvalue weighted by Crippen LogP contribution is -2.20. The van der Waals surface area contributed by atoms with E-state index in [2.05, 4.69) is 10.3 Å². The second-order valence-corrected chi connectivity index (χ2v) is 4.16. The lowest BCUT2D eigenvalue weighted by molar-refractivity contribution is -0.138. The second-order valence-electron chi connectivity index (χ2n) is 4.16. The Morgan fingerprint density at radius 2 is 2.18 bits per heavy atom. The maximum absolute atomic E-state index is 10.9. The molecule has 2 aromatic rings. The number of rotatable bonds is 3. The molecule has 0 saturated heterocycles. The molecule has 6 heteroatoms. The zero-order chi connectivity index (χ0) is 12.6. The number of aliphatic carboxylic acids is 1. The van der Waals surface area contributed by atoms with Crippen LogP contribution >= 0.6 is 0 Å². The minimum absolute atomic E-state index is 0.163. The number of nitrogens with zero attached hydrogens (tertiary/aromatic N) is 3. The zero-order valence-electron chi connectivity index (χ0n) is 9.66. The molecule has 1 heterocycles. The van der Waals surface area contributed by atoms with Crippen LogP contribution in [-0.2, 0) is 4.79 Å². The van der Waals surface area contributed by atoms with Crippen LogP contribution in [0.2, 0.25) is 0 Å². The molecule has 0 aliphatic carbocycles. The van der Waals surface area contributed by atoms with Crippen molar-refractivity contribution in [3.8, 4) is 0 Å². The minimum Gasteiger partial charge on any atom is -0.480 e. The summed E-state index contributed by atoms with van der Waals surface area (Å²) in [5, 5.41) is 17.0. The van der Waals surface area contributed by atoms with Crippen LogP contribution in [0.4, 0.5) is 0 Å². The van der Waals surface area contributed by atoms with Gasteiger partial charge in [0.15, 0.2) is 0 Å². The fraction of sp³-hybridized carbons (Fsp3) is 0.364. The van der Waals surface area contributed by atoms with E-state index in [1.165, 1.54) is 0 Å². The Morgan fingerprint density at radius 3 is 2.76 bits per heavy atom. The van der Waals surface area contributed by atoms with Gasteiger partial charge in [0.1, 0.15) is 11.6 Å². The SMILES string of the molecule is CC(C)n1nnc2c(C(N)C(=O)O)cccc21. The Hall–Kier alpha value is -1.95. The van der Waals surface area contributed by atoms with Gasteiger partial charge >= 0.3 is 5.97 Å². The van der Waals surface area contributed by atoms with Crippen LogP contribution in [0.25, 0.3) is 11.0 Å². The average Bonchev–Trinajstić information content (AvgIpc) is 2.71. The summed E-state index contributed by atoms with van der Waals surface area (Å²) in [6, 6.07) is 4.38. The Morgan fingerprint density at radius 1 is 1.47 bits per heavy atom. The molecule has 3 N–H and O–H groups in total. The number of carboxylic acid groups (broad SMARTS) is 1. The Bertz CT molecular complexity index is 562. The maximum atomic E-state index is 10.9. The van der Waals surface area contributed by atoms with Gasteiger partial charge < -0.3 is 10.8 Å². The van der Waals surface area contributed by atoms with E-state index in [0.29, 0.717) is 11.1 Å². The first kappa shape index (κ1) is 11.5. The Labute approximate surface area is 98.0 Å². The molecule has 1 aromatic carbocycles. The van der Waals surface area contributed by atoms with Gasteiger partial charge in [-0.3, -0.25) is 4.79 Å². The van der Waals surface area contributed by atoms with E-state index in [0.717, 1.165) is 5.52 Å². The Balaban J connectivity index is 2.63. The summed E-state index contributed by atoms with van der Waals surface area (Å²) in [6.07, 6.45) is 0. The molecule has 17 heavy (non-hydrogen) atoms. The molecular formula is C11H14N4O2. The molecule has 0 spiro atoms. The number of carboxylic acids is 1. The average molecular weight is 234 g/mol. The van der Waals surface area contributed by atoms with E-state index < -0.39 is 12.0 Å². The van der Waals surface area contributed by atoms with Gasteiger partial charge in [-0.1, -0.05) is 17.3 Å². The minimum atomic E-state index is -1.07. The quantitative estimate of drug-likeness (QED) is 0.829. The summed E-state index contributed by atoms with van der Waals surface area (Å²) >= 11 is 0. The molecular weight excluding hydrogens is 220 g/mol. The van der Waals surface area contributed by atoms with Crippen molar-refractivity contribution in [3.63, 3.8) is 0 Å². The molecule has 1 aromatic heterocycles. The monoisotopic (exact) mass is 234 g/mol. The number of carbonyl (C=O) groups is 1. The highest BCUT2D eigenvalue weighted by atomic mass is 16.4. The van der Waals surface area contributed by atoms with Gasteiger partial charge in [0.05, 0.1) is 5.52 Å². The van der Waals surface area contributed by atoms with Crippen molar-refractivity contribution < 1.29 is 9.90 Å². The molecule has 0 fully saturated rings. The molecule has 0 aliphatic rings. The van der Waals surface area contributed by atoms with Crippen LogP contribution in [0.5, 0.6) is 0 Å². The first-order chi connectivity index (χ1) is 8.02. The number of hydrogen-bond donors (Lipinski definition) is 2. The van der Waals surface area contributed by atoms with Crippen molar-refractivity contribution in [3.05, 3.63) is 23.8 Å². The van der Waals surface area contributed by atoms with Crippen molar-refractivity contribution in [2.24, 2.45) is 5.73 Å². The van der Waals surface area contributed by atoms with Crippen LogP contribution in [-0.4, -0.2) is 26.1 Å². The predicted octanol–water partition coefficient (Wildman–Crippen LogP) is 1.10. The molecule has 1 unspecified atom stereocenters. The van der Waals surface area contributed by atoms with Gasteiger partial charge in [0.2, 0.25) is 0 Å². The summed E-state index contributed by atoms with van der Waals surface area (Å²) in [5.74, 6) is -1.07. The second kappa shape index (κ2) is 4.14. The van der Waals surface area contributed by atoms with E-state index in [9.17, 15) is 4.79 Å². The number of hydrogen-bond acceptors (Lipinski definition) is 4. The van der Waals surface area contributed by atoms with E-state index >= 15 is 0 Å². The molecule has 90 valence electrons. The molecule has 0 saturated carbocycles. The third kappa shape index (κ3) is 1.87. The lowest BCUT2D eigenvalue weighted by Gasteiger charge is -2.08. The van der Waals surface area contributed by atoms with Gasteiger partial charge in [-0.2, -0.15) is 0 Å². The summed E-state index contributed by atoms with van der Waals surface area (Å²) in [4.78, 5) is 10.9. The van der Waals surface area contributed by atoms with E-state index in [1.54, 1.807) is 16.8 Å². The number of aromatic nitrogens is 3. The fourth-order valence-corrected chi connectivity index (χ4v) is 1.75. The van der Waals surface area contributed by atoms with Crippen molar-refractivity contribution in [2.75, 3.05) is 0 Å². The van der Waals surface area contributed by atoms with Gasteiger partial charge in [-0.05, 0) is 19.9 Å². The molecule has 1 atom stereocenters. The number of benzene rings is 1. The molecule has 0 radical (unpaired) electrons. The maximum Gasteiger partial charge on any atom is 0.325 e. The molecule has 0 bridgehead atoms. The molecule has 2 rings (SSSR count). The van der Waals surface area contributed by atoms with E-state index in [-0.39, 0.29) is 6.04 Å². The normalized spacial score (nSPS) is 13.2. The van der Waals surface area contributed by atoms with Crippen molar-refractivity contribution in [1.29, 1.82) is 0 Å². The Kier molecular flexibility index (Phi) is 2.81. The standard InChI is InChI=1S/C11H14N4O2/c1-6(2)15-8-5-3-4-7(9(12)11(16)17)10(8)13-14-15/h3-6,9H,12H2,1-2H3,(H,16,17). The highest BCUT2D eigenvalue weighted by Gasteiger charge is 2.20. The van der Waals surface area contributed by atoms with Gasteiger partial charge in [0, 0.05) is 11.6 Å². The summed E-state index contributed by atoms with van der Waals surface area (Å²) in [7, 11) is 0. The smallest absolute Gasteiger partial charge is 0.325 e. The summed E-state index contributed by atoms with van der Waals surface area (Å²) in [6.45, 7) is 3.97.